The summed E-state index contributed by atoms with van der Waals surface area (Å²) in [5.74, 6) is 0.562. The third-order valence-electron chi connectivity index (χ3n) is 3.84. The molecule has 134 valence electrons. The molecule has 0 spiro atoms. The van der Waals surface area contributed by atoms with E-state index in [2.05, 4.69) is 0 Å². The number of benzene rings is 2. The molecule has 0 saturated carbocycles. The van der Waals surface area contributed by atoms with E-state index < -0.39 is 10.0 Å². The van der Waals surface area contributed by atoms with E-state index >= 15 is 0 Å². The van der Waals surface area contributed by atoms with Crippen LogP contribution >= 0.6 is 23.2 Å². The van der Waals surface area contributed by atoms with Crippen molar-refractivity contribution >= 4 is 33.2 Å². The van der Waals surface area contributed by atoms with E-state index in [1.165, 1.54) is 4.31 Å². The van der Waals surface area contributed by atoms with Gasteiger partial charge in [-0.1, -0.05) is 29.3 Å². The Morgan fingerprint density at radius 1 is 1.04 bits per heavy atom. The van der Waals surface area contributed by atoms with Crippen LogP contribution in [0.25, 0.3) is 0 Å². The molecule has 2 aromatic rings. The average molecular weight is 402 g/mol. The van der Waals surface area contributed by atoms with Gasteiger partial charge in [0.05, 0.1) is 18.1 Å². The molecular formula is C17H17Cl2NO4S. The van der Waals surface area contributed by atoms with Crippen LogP contribution < -0.4 is 4.74 Å². The minimum atomic E-state index is -3.50. The van der Waals surface area contributed by atoms with Crippen molar-refractivity contribution in [3.05, 3.63) is 58.1 Å². The van der Waals surface area contributed by atoms with Gasteiger partial charge in [0.25, 0.3) is 0 Å². The number of morpholine rings is 1. The molecule has 0 atom stereocenters. The van der Waals surface area contributed by atoms with Gasteiger partial charge >= 0.3 is 0 Å². The molecule has 1 heterocycles. The maximum atomic E-state index is 12.6. The van der Waals surface area contributed by atoms with Crippen molar-refractivity contribution in [2.45, 2.75) is 11.5 Å². The molecule has 5 nitrogen and oxygen atoms in total. The van der Waals surface area contributed by atoms with Crippen molar-refractivity contribution in [3.8, 4) is 5.75 Å². The van der Waals surface area contributed by atoms with Gasteiger partial charge in [0.2, 0.25) is 10.0 Å². The molecule has 8 heteroatoms. The van der Waals surface area contributed by atoms with Crippen molar-refractivity contribution in [3.63, 3.8) is 0 Å². The minimum absolute atomic E-state index is 0.242. The number of hydrogen-bond acceptors (Lipinski definition) is 4. The fourth-order valence-electron chi connectivity index (χ4n) is 2.44. The SMILES string of the molecule is O=S(=O)(c1ccc(OCc2ccc(Cl)cc2Cl)cc1)N1CCOCC1. The second kappa shape index (κ2) is 7.93. The summed E-state index contributed by atoms with van der Waals surface area (Å²) in [5.41, 5.74) is 0.802. The Morgan fingerprint density at radius 2 is 1.72 bits per heavy atom. The lowest BCUT2D eigenvalue weighted by atomic mass is 10.2. The van der Waals surface area contributed by atoms with Gasteiger partial charge in [-0.25, -0.2) is 8.42 Å². The summed E-state index contributed by atoms with van der Waals surface area (Å²) in [7, 11) is -3.50. The highest BCUT2D eigenvalue weighted by Gasteiger charge is 2.26. The van der Waals surface area contributed by atoms with Crippen LogP contribution in [0.3, 0.4) is 0 Å². The zero-order chi connectivity index (χ0) is 17.9. The summed E-state index contributed by atoms with van der Waals surface area (Å²) < 4.78 is 37.4. The van der Waals surface area contributed by atoms with Crippen LogP contribution in [-0.2, 0) is 21.4 Å². The van der Waals surface area contributed by atoms with Gasteiger partial charge in [-0.3, -0.25) is 0 Å². The number of nitrogens with zero attached hydrogens (tertiary/aromatic N) is 1. The predicted molar refractivity (Wildman–Crippen MR) is 96.8 cm³/mol. The molecular weight excluding hydrogens is 385 g/mol. The second-order valence-corrected chi connectivity index (χ2v) is 8.29. The maximum absolute atomic E-state index is 12.6. The fraction of sp³-hybridized carbons (Fsp3) is 0.294. The Kier molecular flexibility index (Phi) is 5.86. The molecule has 0 unspecified atom stereocenters. The van der Waals surface area contributed by atoms with E-state index in [1.807, 2.05) is 0 Å². The monoisotopic (exact) mass is 401 g/mol. The molecule has 0 aliphatic carbocycles. The Hall–Kier alpha value is -1.31. The smallest absolute Gasteiger partial charge is 0.243 e. The van der Waals surface area contributed by atoms with Crippen LogP contribution in [0.4, 0.5) is 0 Å². The molecule has 0 aromatic heterocycles. The van der Waals surface area contributed by atoms with E-state index in [-0.39, 0.29) is 11.5 Å². The highest BCUT2D eigenvalue weighted by atomic mass is 35.5. The Balaban J connectivity index is 1.67. The molecule has 0 radical (unpaired) electrons. The van der Waals surface area contributed by atoms with Gasteiger partial charge in [0, 0.05) is 28.7 Å². The summed E-state index contributed by atoms with van der Waals surface area (Å²) in [6, 6.07) is 11.5. The maximum Gasteiger partial charge on any atom is 0.243 e. The topological polar surface area (TPSA) is 55.8 Å². The van der Waals surface area contributed by atoms with Crippen LogP contribution in [0.5, 0.6) is 5.75 Å². The average Bonchev–Trinajstić information content (AvgIpc) is 2.62. The van der Waals surface area contributed by atoms with Crippen molar-refractivity contribution in [2.75, 3.05) is 26.3 Å². The third-order valence-corrected chi connectivity index (χ3v) is 6.34. The van der Waals surface area contributed by atoms with Gasteiger partial charge in [-0.15, -0.1) is 0 Å². The lowest BCUT2D eigenvalue weighted by molar-refractivity contribution is 0.0730. The zero-order valence-corrected chi connectivity index (χ0v) is 15.6. The van der Waals surface area contributed by atoms with Gasteiger partial charge in [-0.05, 0) is 36.4 Å². The molecule has 2 aromatic carbocycles. The van der Waals surface area contributed by atoms with E-state index in [0.717, 1.165) is 5.56 Å². The Morgan fingerprint density at radius 3 is 2.36 bits per heavy atom. The largest absolute Gasteiger partial charge is 0.489 e. The molecule has 0 amide bonds. The number of ether oxygens (including phenoxy) is 2. The summed E-state index contributed by atoms with van der Waals surface area (Å²) in [6.45, 7) is 1.85. The van der Waals surface area contributed by atoms with E-state index in [1.54, 1.807) is 42.5 Å². The van der Waals surface area contributed by atoms with Crippen molar-refractivity contribution in [1.29, 1.82) is 0 Å². The Bertz CT molecular complexity index is 834. The second-order valence-electron chi connectivity index (χ2n) is 5.51. The summed E-state index contributed by atoms with van der Waals surface area (Å²) in [4.78, 5) is 0.242. The number of halogens is 2. The first kappa shape index (κ1) is 18.5. The van der Waals surface area contributed by atoms with Gasteiger partial charge < -0.3 is 9.47 Å². The molecule has 1 saturated heterocycles. The zero-order valence-electron chi connectivity index (χ0n) is 13.3. The summed E-state index contributed by atoms with van der Waals surface area (Å²) in [5, 5.41) is 1.09. The first-order chi connectivity index (χ1) is 12.0. The van der Waals surface area contributed by atoms with Gasteiger partial charge in [0.15, 0.2) is 0 Å². The first-order valence-electron chi connectivity index (χ1n) is 7.71. The first-order valence-corrected chi connectivity index (χ1v) is 9.91. The van der Waals surface area contributed by atoms with Gasteiger partial charge in [0.1, 0.15) is 12.4 Å². The molecule has 1 aliphatic rings. The fourth-order valence-corrected chi connectivity index (χ4v) is 4.31. The van der Waals surface area contributed by atoms with Crippen LogP contribution in [0, 0.1) is 0 Å². The van der Waals surface area contributed by atoms with E-state index in [4.69, 9.17) is 32.7 Å². The third kappa shape index (κ3) is 4.46. The predicted octanol–water partition coefficient (Wildman–Crippen LogP) is 3.59. The molecule has 1 fully saturated rings. The molecule has 25 heavy (non-hydrogen) atoms. The normalized spacial score (nSPS) is 15.9. The van der Waals surface area contributed by atoms with E-state index in [0.29, 0.717) is 42.1 Å². The standard InChI is InChI=1S/C17H17Cl2NO4S/c18-14-2-1-13(17(19)11-14)12-24-15-3-5-16(6-4-15)25(21,22)20-7-9-23-10-8-20/h1-6,11H,7-10,12H2. The molecule has 1 aliphatic heterocycles. The number of rotatable bonds is 5. The van der Waals surface area contributed by atoms with Gasteiger partial charge in [-0.2, -0.15) is 4.31 Å². The number of hydrogen-bond donors (Lipinski definition) is 0. The minimum Gasteiger partial charge on any atom is -0.489 e. The molecule has 0 N–H and O–H groups in total. The summed E-state index contributed by atoms with van der Waals surface area (Å²) in [6.07, 6.45) is 0. The number of sulfonamides is 1. The molecule has 3 rings (SSSR count). The van der Waals surface area contributed by atoms with Crippen LogP contribution in [0.1, 0.15) is 5.56 Å². The summed E-state index contributed by atoms with van der Waals surface area (Å²) >= 11 is 12.0. The van der Waals surface area contributed by atoms with E-state index in [9.17, 15) is 8.42 Å². The lowest BCUT2D eigenvalue weighted by Crippen LogP contribution is -2.40. The highest BCUT2D eigenvalue weighted by Crippen LogP contribution is 2.24. The van der Waals surface area contributed by atoms with Crippen LogP contribution in [0.2, 0.25) is 10.0 Å². The van der Waals surface area contributed by atoms with Crippen molar-refractivity contribution < 1.29 is 17.9 Å². The quantitative estimate of drug-likeness (QED) is 0.767. The van der Waals surface area contributed by atoms with Crippen molar-refractivity contribution in [2.24, 2.45) is 0 Å². The van der Waals surface area contributed by atoms with Crippen LogP contribution in [0.15, 0.2) is 47.4 Å². The lowest BCUT2D eigenvalue weighted by Gasteiger charge is -2.26. The van der Waals surface area contributed by atoms with Crippen LogP contribution in [-0.4, -0.2) is 39.0 Å². The highest BCUT2D eigenvalue weighted by molar-refractivity contribution is 7.89. The molecule has 0 bridgehead atoms. The Labute approximate surface area is 157 Å². The van der Waals surface area contributed by atoms with Crippen molar-refractivity contribution in [1.82, 2.24) is 4.31 Å².